The molecule has 0 saturated carbocycles. The number of unbranched alkanes of at least 4 members (excludes halogenated alkanes) is 1. The van der Waals surface area contributed by atoms with E-state index in [9.17, 15) is 72.9 Å². The zero-order chi connectivity index (χ0) is 56.6. The van der Waals surface area contributed by atoms with Gasteiger partial charge >= 0.3 is 11.9 Å². The molecule has 9 atom stereocenters. The number of carboxylic acid groups (broad SMARTS) is 2. The number of nitrogens with two attached hydrogens (primary N) is 3. The smallest absolute Gasteiger partial charge is 0.326 e. The first kappa shape index (κ1) is 64.6. The van der Waals surface area contributed by atoms with E-state index in [1.54, 1.807) is 39.8 Å². The summed E-state index contributed by atoms with van der Waals surface area (Å²) < 4.78 is 0. The van der Waals surface area contributed by atoms with Crippen molar-refractivity contribution >= 4 is 71.0 Å². The van der Waals surface area contributed by atoms with Crippen molar-refractivity contribution in [3.8, 4) is 5.75 Å². The van der Waals surface area contributed by atoms with E-state index in [4.69, 9.17) is 17.2 Å². The Morgan fingerprint density at radius 3 is 1.51 bits per heavy atom. The Labute approximate surface area is 429 Å². The Hall–Kier alpha value is -7.42. The molecule has 0 bridgehead atoms. The van der Waals surface area contributed by atoms with E-state index in [0.29, 0.717) is 18.4 Å². The number of rotatable bonds is 33. The summed E-state index contributed by atoms with van der Waals surface area (Å²) in [6.07, 6.45) is -0.956. The first-order valence-electron chi connectivity index (χ1n) is 24.1. The molecule has 27 heteroatoms. The third-order valence-corrected chi connectivity index (χ3v) is 11.1. The molecule has 0 fully saturated rings. The number of hydrogen-bond acceptors (Lipinski definition) is 15. The van der Waals surface area contributed by atoms with Gasteiger partial charge in [0.2, 0.25) is 59.1 Å². The number of benzene rings is 1. The summed E-state index contributed by atoms with van der Waals surface area (Å²) >= 11 is 0. The quantitative estimate of drug-likeness (QED) is 0.0300. The van der Waals surface area contributed by atoms with Crippen LogP contribution in [0.1, 0.15) is 99.5 Å². The molecule has 0 radical (unpaired) electrons. The molecule has 1 rings (SSSR count). The fourth-order valence-electron chi connectivity index (χ4n) is 6.96. The number of aliphatic carboxylic acids is 2. The summed E-state index contributed by atoms with van der Waals surface area (Å²) in [6.45, 7) is 11.9. The van der Waals surface area contributed by atoms with Gasteiger partial charge in [0.15, 0.2) is 0 Å². The van der Waals surface area contributed by atoms with Gasteiger partial charge in [0.1, 0.15) is 54.1 Å². The van der Waals surface area contributed by atoms with Crippen molar-refractivity contribution in [2.45, 2.75) is 155 Å². The number of phenolic OH excluding ortho intramolecular Hbond substituents is 1. The molecule has 10 amide bonds. The monoisotopic (exact) mass is 1050 g/mol. The number of nitrogens with one attached hydrogen (secondary N) is 9. The summed E-state index contributed by atoms with van der Waals surface area (Å²) in [4.78, 5) is 155. The number of amides is 10. The highest BCUT2D eigenvalue weighted by molar-refractivity contribution is 5.99. The minimum atomic E-state index is -1.91. The molecule has 0 aliphatic carbocycles. The number of phenols is 1. The molecule has 27 nitrogen and oxygen atoms in total. The number of hydrogen-bond donors (Lipinski definition) is 15. The number of carbonyl (C=O) groups is 12. The van der Waals surface area contributed by atoms with Crippen LogP contribution >= 0.6 is 0 Å². The van der Waals surface area contributed by atoms with Gasteiger partial charge in [-0.25, -0.2) is 4.79 Å². The second kappa shape index (κ2) is 31.9. The van der Waals surface area contributed by atoms with E-state index >= 15 is 0 Å². The summed E-state index contributed by atoms with van der Waals surface area (Å²) in [5.74, 6) is -13.9. The highest BCUT2D eigenvalue weighted by atomic mass is 16.4. The van der Waals surface area contributed by atoms with Crippen molar-refractivity contribution in [1.82, 2.24) is 47.9 Å². The van der Waals surface area contributed by atoms with Crippen LogP contribution in [0, 0.1) is 17.8 Å². The van der Waals surface area contributed by atoms with Gasteiger partial charge in [0, 0.05) is 0 Å². The van der Waals surface area contributed by atoms with Crippen LogP contribution in [0.4, 0.5) is 0 Å². The van der Waals surface area contributed by atoms with Crippen LogP contribution < -0.4 is 65.1 Å². The average Bonchev–Trinajstić information content (AvgIpc) is 3.30. The third kappa shape index (κ3) is 23.9. The third-order valence-electron chi connectivity index (χ3n) is 11.1. The predicted octanol–water partition coefficient (Wildman–Crippen LogP) is -3.78. The van der Waals surface area contributed by atoms with Gasteiger partial charge in [0.25, 0.3) is 0 Å². The number of carboxylic acids is 2. The SMILES string of the molecule is CC(C)C[C@H](NC(=O)[C@H](CC(=O)O)NC(=O)[C@H](CC(N)=O)NC(=O)[C@@H](NC(=O)[C@@H](NC(=O)[C@H](C)NC(=O)CNC(=O)[C@H](C)NC(=O)[C@@H](N)Cc1ccc(O)cc1)C(C)C)C(C)C)C(=O)N[C@@H](CCCCN)C(=O)O. The molecule has 1 aromatic rings. The van der Waals surface area contributed by atoms with E-state index < -0.39 is 157 Å². The first-order chi connectivity index (χ1) is 34.5. The zero-order valence-corrected chi connectivity index (χ0v) is 43.1. The topological polar surface area (TPSA) is 452 Å². The van der Waals surface area contributed by atoms with Crippen LogP contribution in [-0.4, -0.2) is 154 Å². The zero-order valence-electron chi connectivity index (χ0n) is 43.1. The Morgan fingerprint density at radius 1 is 0.541 bits per heavy atom. The first-order valence-corrected chi connectivity index (χ1v) is 24.1. The summed E-state index contributed by atoms with van der Waals surface area (Å²) in [5.41, 5.74) is 17.5. The summed E-state index contributed by atoms with van der Waals surface area (Å²) in [6, 6.07) is -6.63. The minimum Gasteiger partial charge on any atom is -0.508 e. The van der Waals surface area contributed by atoms with E-state index in [1.807, 2.05) is 0 Å². The molecule has 0 aromatic heterocycles. The van der Waals surface area contributed by atoms with Gasteiger partial charge in [-0.15, -0.1) is 0 Å². The summed E-state index contributed by atoms with van der Waals surface area (Å²) in [7, 11) is 0. The maximum absolute atomic E-state index is 13.8. The van der Waals surface area contributed by atoms with Crippen molar-refractivity contribution < 1.29 is 72.9 Å². The van der Waals surface area contributed by atoms with Crippen LogP contribution in [0.5, 0.6) is 5.75 Å². The Bertz CT molecular complexity index is 2140. The second-order valence-electron chi connectivity index (χ2n) is 18.9. The molecule has 18 N–H and O–H groups in total. The van der Waals surface area contributed by atoms with E-state index in [2.05, 4.69) is 47.9 Å². The lowest BCUT2D eigenvalue weighted by Gasteiger charge is -2.29. The minimum absolute atomic E-state index is 0.0300. The molecular formula is C47H76N12O15. The number of aromatic hydroxyl groups is 1. The summed E-state index contributed by atoms with van der Waals surface area (Å²) in [5, 5.41) is 50.2. The fraction of sp³-hybridized carbons (Fsp3) is 0.617. The maximum Gasteiger partial charge on any atom is 0.326 e. The van der Waals surface area contributed by atoms with E-state index in [1.165, 1.54) is 39.8 Å². The molecule has 0 aliphatic rings. The fourth-order valence-corrected chi connectivity index (χ4v) is 6.96. The van der Waals surface area contributed by atoms with Gasteiger partial charge in [-0.1, -0.05) is 53.7 Å². The standard InChI is InChI=1S/C47H76N12O15/c1-22(2)17-31(42(68)54-30(47(73)74)11-9-10-16-48)55-44(70)33(20-36(63)64)56-43(69)32(19-34(50)61)57-45(71)37(23(3)4)59-46(72)38(24(5)6)58-40(66)26(8)52-35(62)21-51-39(65)25(7)53-41(67)29(49)18-27-12-14-28(60)15-13-27/h12-15,22-26,29-33,37-38,60H,9-11,16-21,48-49H2,1-8H3,(H2,50,61)(H,51,65)(H,52,62)(H,53,67)(H,54,68)(H,55,70)(H,56,69)(H,57,71)(H,58,66)(H,59,72)(H,63,64)(H,73,74)/t25-,26-,29-,30-,31-,32-,33-,37-,38-/m0/s1. The predicted molar refractivity (Wildman–Crippen MR) is 265 cm³/mol. The molecule has 0 unspecified atom stereocenters. The van der Waals surface area contributed by atoms with Crippen molar-refractivity contribution in [1.29, 1.82) is 0 Å². The van der Waals surface area contributed by atoms with Gasteiger partial charge in [-0.2, -0.15) is 0 Å². The molecule has 1 aromatic carbocycles. The van der Waals surface area contributed by atoms with Crippen LogP contribution in [0.25, 0.3) is 0 Å². The van der Waals surface area contributed by atoms with Crippen molar-refractivity contribution in [2.24, 2.45) is 35.0 Å². The van der Waals surface area contributed by atoms with Crippen LogP contribution in [0.2, 0.25) is 0 Å². The largest absolute Gasteiger partial charge is 0.508 e. The highest BCUT2D eigenvalue weighted by Gasteiger charge is 2.36. The second-order valence-corrected chi connectivity index (χ2v) is 18.9. The van der Waals surface area contributed by atoms with Gasteiger partial charge in [0.05, 0.1) is 25.4 Å². The lowest BCUT2D eigenvalue weighted by molar-refractivity contribution is -0.143. The van der Waals surface area contributed by atoms with Crippen molar-refractivity contribution in [3.05, 3.63) is 29.8 Å². The van der Waals surface area contributed by atoms with Gasteiger partial charge in [-0.05, 0) is 87.9 Å². The van der Waals surface area contributed by atoms with E-state index in [-0.39, 0.29) is 37.5 Å². The van der Waals surface area contributed by atoms with Crippen LogP contribution in [-0.2, 0) is 64.0 Å². The Kier molecular flexibility index (Phi) is 27.9. The average molecular weight is 1050 g/mol. The van der Waals surface area contributed by atoms with Crippen LogP contribution in [0.3, 0.4) is 0 Å². The Morgan fingerprint density at radius 2 is 1.01 bits per heavy atom. The lowest BCUT2D eigenvalue weighted by atomic mass is 9.99. The molecule has 0 heterocycles. The van der Waals surface area contributed by atoms with Crippen molar-refractivity contribution in [3.63, 3.8) is 0 Å². The van der Waals surface area contributed by atoms with Gasteiger partial charge < -0.3 is 80.4 Å². The lowest BCUT2D eigenvalue weighted by Crippen LogP contribution is -2.61. The molecule has 414 valence electrons. The van der Waals surface area contributed by atoms with Crippen LogP contribution in [0.15, 0.2) is 24.3 Å². The molecule has 0 aliphatic heterocycles. The maximum atomic E-state index is 13.8. The molecular weight excluding hydrogens is 973 g/mol. The normalized spacial score (nSPS) is 14.8. The Balaban J connectivity index is 3.07. The number of primary amides is 1. The highest BCUT2D eigenvalue weighted by Crippen LogP contribution is 2.13. The van der Waals surface area contributed by atoms with Gasteiger partial charge in [-0.3, -0.25) is 52.7 Å². The molecule has 74 heavy (non-hydrogen) atoms. The van der Waals surface area contributed by atoms with Crippen molar-refractivity contribution in [2.75, 3.05) is 13.1 Å². The molecule has 0 spiro atoms. The number of carbonyl (C=O) groups excluding carboxylic acids is 10. The van der Waals surface area contributed by atoms with E-state index in [0.717, 1.165) is 0 Å². The molecule has 0 saturated heterocycles.